The van der Waals surface area contributed by atoms with Gasteiger partial charge in [0.1, 0.15) is 0 Å². The van der Waals surface area contributed by atoms with Gasteiger partial charge in [0.15, 0.2) is 0 Å². The van der Waals surface area contributed by atoms with Crippen LogP contribution in [0.5, 0.6) is 0 Å². The number of carbonyl (C=O) groups is 1. The van der Waals surface area contributed by atoms with Gasteiger partial charge in [-0.2, -0.15) is 0 Å². The summed E-state index contributed by atoms with van der Waals surface area (Å²) in [6.07, 6.45) is 0.178. The summed E-state index contributed by atoms with van der Waals surface area (Å²) in [7, 11) is -3.45. The maximum absolute atomic E-state index is 11.6. The highest BCUT2D eigenvalue weighted by Crippen LogP contribution is 2.49. The van der Waals surface area contributed by atoms with Crippen LogP contribution in [-0.2, 0) is 18.4 Å². The maximum atomic E-state index is 11.6. The molecule has 0 saturated heterocycles. The Morgan fingerprint density at radius 3 is 1.83 bits per heavy atom. The third kappa shape index (κ3) is 3.05. The zero-order chi connectivity index (χ0) is 9.61. The van der Waals surface area contributed by atoms with E-state index in [-0.39, 0.29) is 19.6 Å². The lowest BCUT2D eigenvalue weighted by Gasteiger charge is -2.13. The molecule has 0 atom stereocenters. The predicted octanol–water partition coefficient (Wildman–Crippen LogP) is 2.19. The van der Waals surface area contributed by atoms with Gasteiger partial charge in [-0.1, -0.05) is 6.92 Å². The first-order valence-electron chi connectivity index (χ1n) is 4.03. The molecule has 0 saturated carbocycles. The fraction of sp³-hybridized carbons (Fsp3) is 0.857. The van der Waals surface area contributed by atoms with Crippen LogP contribution < -0.4 is 0 Å². The summed E-state index contributed by atoms with van der Waals surface area (Å²) in [5.41, 5.74) is -0.453. The van der Waals surface area contributed by atoms with Gasteiger partial charge in [0.2, 0.25) is 5.52 Å². The first-order chi connectivity index (χ1) is 5.60. The normalized spacial score (nSPS) is 11.6. The van der Waals surface area contributed by atoms with Crippen LogP contribution in [0.4, 0.5) is 0 Å². The van der Waals surface area contributed by atoms with Crippen molar-refractivity contribution in [3.63, 3.8) is 0 Å². The van der Waals surface area contributed by atoms with Crippen molar-refractivity contribution in [3.05, 3.63) is 0 Å². The molecule has 12 heavy (non-hydrogen) atoms. The molecule has 72 valence electrons. The van der Waals surface area contributed by atoms with E-state index in [1.165, 1.54) is 0 Å². The smallest absolute Gasteiger partial charge is 0.303 e. The molecule has 0 aliphatic heterocycles. The minimum Gasteiger partial charge on any atom is -0.303 e. The lowest BCUT2D eigenvalue weighted by atomic mass is 10.6. The fourth-order valence-electron chi connectivity index (χ4n) is 0.715. The molecule has 0 amide bonds. The highest BCUT2D eigenvalue weighted by molar-refractivity contribution is 7.71. The molecule has 0 rings (SSSR count). The summed E-state index contributed by atoms with van der Waals surface area (Å²) in [5, 5.41) is 0. The molecule has 0 aromatic rings. The zero-order valence-electron chi connectivity index (χ0n) is 7.70. The average molecular weight is 194 g/mol. The van der Waals surface area contributed by atoms with E-state index < -0.39 is 13.1 Å². The Balaban J connectivity index is 4.38. The van der Waals surface area contributed by atoms with E-state index in [1.54, 1.807) is 20.8 Å². The molecule has 0 bridgehead atoms. The van der Waals surface area contributed by atoms with Gasteiger partial charge in [0.05, 0.1) is 13.2 Å². The van der Waals surface area contributed by atoms with Crippen LogP contribution in [0, 0.1) is 0 Å². The van der Waals surface area contributed by atoms with Crippen LogP contribution in [0.1, 0.15) is 27.2 Å². The van der Waals surface area contributed by atoms with Crippen molar-refractivity contribution in [3.8, 4) is 0 Å². The Kier molecular flexibility index (Phi) is 5.38. The van der Waals surface area contributed by atoms with E-state index in [9.17, 15) is 9.36 Å². The van der Waals surface area contributed by atoms with Gasteiger partial charge in [-0.05, 0) is 13.8 Å². The topological polar surface area (TPSA) is 52.6 Å². The molecular formula is C7H15O4P. The van der Waals surface area contributed by atoms with Crippen molar-refractivity contribution in [2.75, 3.05) is 13.2 Å². The first-order valence-corrected chi connectivity index (χ1v) is 5.57. The third-order valence-corrected chi connectivity index (χ3v) is 3.33. The number of hydrogen-bond acceptors (Lipinski definition) is 4. The fourth-order valence-corrected chi connectivity index (χ4v) is 2.14. The van der Waals surface area contributed by atoms with E-state index in [4.69, 9.17) is 9.05 Å². The van der Waals surface area contributed by atoms with Crippen molar-refractivity contribution in [1.82, 2.24) is 0 Å². The van der Waals surface area contributed by atoms with E-state index in [0.29, 0.717) is 0 Å². The average Bonchev–Trinajstić information content (AvgIpc) is 2.04. The van der Waals surface area contributed by atoms with E-state index in [2.05, 4.69) is 0 Å². The molecule has 0 N–H and O–H groups in total. The Hall–Kier alpha value is -0.180. The maximum Gasteiger partial charge on any atom is 0.396 e. The van der Waals surface area contributed by atoms with E-state index >= 15 is 0 Å². The van der Waals surface area contributed by atoms with Crippen LogP contribution in [0.3, 0.4) is 0 Å². The summed E-state index contributed by atoms with van der Waals surface area (Å²) in [6.45, 7) is 5.43. The number of hydrogen-bond donors (Lipinski definition) is 0. The number of carbonyl (C=O) groups excluding carboxylic acids is 1. The quantitative estimate of drug-likeness (QED) is 0.608. The molecule has 0 fully saturated rings. The van der Waals surface area contributed by atoms with Gasteiger partial charge >= 0.3 is 7.60 Å². The molecule has 0 spiro atoms. The molecular weight excluding hydrogens is 179 g/mol. The highest BCUT2D eigenvalue weighted by Gasteiger charge is 2.31. The number of rotatable bonds is 6. The standard InChI is InChI=1S/C7H15O4P/c1-4-7(8)12(9,10-5-2)11-6-3/h4-6H2,1-3H3. The van der Waals surface area contributed by atoms with E-state index in [1.807, 2.05) is 0 Å². The van der Waals surface area contributed by atoms with Crippen LogP contribution in [0.15, 0.2) is 0 Å². The van der Waals surface area contributed by atoms with E-state index in [0.717, 1.165) is 0 Å². The molecule has 0 radical (unpaired) electrons. The lowest BCUT2D eigenvalue weighted by molar-refractivity contribution is -0.113. The Bertz CT molecular complexity index is 180. The monoisotopic (exact) mass is 194 g/mol. The molecule has 0 aromatic carbocycles. The minimum absolute atomic E-state index is 0.178. The second-order valence-electron chi connectivity index (χ2n) is 2.08. The van der Waals surface area contributed by atoms with Crippen molar-refractivity contribution >= 4 is 13.1 Å². The largest absolute Gasteiger partial charge is 0.396 e. The van der Waals surface area contributed by atoms with Gasteiger partial charge in [-0.25, -0.2) is 0 Å². The summed E-state index contributed by atoms with van der Waals surface area (Å²) in [4.78, 5) is 11.1. The van der Waals surface area contributed by atoms with Crippen molar-refractivity contribution in [2.45, 2.75) is 27.2 Å². The molecule has 5 heteroatoms. The summed E-state index contributed by atoms with van der Waals surface area (Å²) in [6, 6.07) is 0. The second-order valence-corrected chi connectivity index (χ2v) is 4.09. The van der Waals surface area contributed by atoms with Gasteiger partial charge in [0, 0.05) is 6.42 Å². The minimum atomic E-state index is -3.45. The third-order valence-electron chi connectivity index (χ3n) is 1.21. The lowest BCUT2D eigenvalue weighted by Crippen LogP contribution is -2.05. The summed E-state index contributed by atoms with van der Waals surface area (Å²) < 4.78 is 21.2. The van der Waals surface area contributed by atoms with Crippen LogP contribution in [0.2, 0.25) is 0 Å². The molecule has 0 aliphatic rings. The Morgan fingerprint density at radius 2 is 1.58 bits per heavy atom. The van der Waals surface area contributed by atoms with Gasteiger partial charge < -0.3 is 9.05 Å². The molecule has 0 aliphatic carbocycles. The molecule has 0 heterocycles. The van der Waals surface area contributed by atoms with Gasteiger partial charge in [-0.15, -0.1) is 0 Å². The first kappa shape index (κ1) is 11.8. The van der Waals surface area contributed by atoms with Crippen molar-refractivity contribution < 1.29 is 18.4 Å². The van der Waals surface area contributed by atoms with Crippen molar-refractivity contribution in [1.29, 1.82) is 0 Å². The summed E-state index contributed by atoms with van der Waals surface area (Å²) in [5.74, 6) is 0. The second kappa shape index (κ2) is 5.46. The Morgan fingerprint density at radius 1 is 1.17 bits per heavy atom. The predicted molar refractivity (Wildman–Crippen MR) is 46.2 cm³/mol. The Labute approximate surface area is 72.8 Å². The van der Waals surface area contributed by atoms with Crippen LogP contribution >= 0.6 is 7.60 Å². The summed E-state index contributed by atoms with van der Waals surface area (Å²) >= 11 is 0. The van der Waals surface area contributed by atoms with Gasteiger partial charge in [0.25, 0.3) is 0 Å². The molecule has 0 aromatic heterocycles. The molecule has 4 nitrogen and oxygen atoms in total. The van der Waals surface area contributed by atoms with Crippen molar-refractivity contribution in [2.24, 2.45) is 0 Å². The van der Waals surface area contributed by atoms with Gasteiger partial charge in [-0.3, -0.25) is 9.36 Å². The highest BCUT2D eigenvalue weighted by atomic mass is 31.2. The van der Waals surface area contributed by atoms with Crippen LogP contribution in [-0.4, -0.2) is 18.7 Å². The van der Waals surface area contributed by atoms with Crippen LogP contribution in [0.25, 0.3) is 0 Å². The zero-order valence-corrected chi connectivity index (χ0v) is 8.60. The SMILES string of the molecule is CCOP(=O)(OCC)C(=O)CC. The molecule has 0 unspecified atom stereocenters.